The standard InChI is InChI=1S/C16H18F4N2O3/c17-15(18)25-11-3-1-2-10(6-11)13-8-22(4-5-24-13)14(23)12-7-16(19,20)9-21-12/h1-3,6,12-13,15,21H,4-5,7-9H2. The average Bonchev–Trinajstić information content (AvgIpc) is 2.94. The SMILES string of the molecule is O=C(C1CC(F)(F)CN1)N1CCOC(c2cccc(OC(F)F)c2)C1. The minimum atomic E-state index is -2.93. The molecule has 138 valence electrons. The van der Waals surface area contributed by atoms with Gasteiger partial charge < -0.3 is 14.4 Å². The number of benzene rings is 1. The lowest BCUT2D eigenvalue weighted by Gasteiger charge is -2.34. The summed E-state index contributed by atoms with van der Waals surface area (Å²) in [5.74, 6) is -3.28. The van der Waals surface area contributed by atoms with E-state index in [0.29, 0.717) is 12.1 Å². The number of halogens is 4. The first-order chi connectivity index (χ1) is 11.8. The molecule has 0 spiro atoms. The van der Waals surface area contributed by atoms with E-state index in [2.05, 4.69) is 10.1 Å². The highest BCUT2D eigenvalue weighted by atomic mass is 19.3. The zero-order chi connectivity index (χ0) is 18.0. The summed E-state index contributed by atoms with van der Waals surface area (Å²) in [6.45, 7) is -2.74. The van der Waals surface area contributed by atoms with E-state index >= 15 is 0 Å². The number of carbonyl (C=O) groups excluding carboxylic acids is 1. The maximum Gasteiger partial charge on any atom is 0.387 e. The van der Waals surface area contributed by atoms with Crippen LogP contribution in [0, 0.1) is 0 Å². The zero-order valence-corrected chi connectivity index (χ0v) is 13.3. The number of carbonyl (C=O) groups is 1. The minimum absolute atomic E-state index is 0.00310. The van der Waals surface area contributed by atoms with Crippen LogP contribution in [-0.4, -0.2) is 55.6 Å². The molecule has 3 rings (SSSR count). The van der Waals surface area contributed by atoms with Crippen LogP contribution in [0.3, 0.4) is 0 Å². The van der Waals surface area contributed by atoms with Gasteiger partial charge in [0.1, 0.15) is 11.9 Å². The van der Waals surface area contributed by atoms with Gasteiger partial charge in [-0.15, -0.1) is 0 Å². The molecule has 2 aliphatic heterocycles. The van der Waals surface area contributed by atoms with Gasteiger partial charge in [0.2, 0.25) is 5.91 Å². The largest absolute Gasteiger partial charge is 0.435 e. The normalized spacial score (nSPS) is 26.0. The van der Waals surface area contributed by atoms with Gasteiger partial charge in [-0.2, -0.15) is 8.78 Å². The summed E-state index contributed by atoms with van der Waals surface area (Å²) in [7, 11) is 0. The molecule has 9 heteroatoms. The van der Waals surface area contributed by atoms with Crippen molar-refractivity contribution in [3.63, 3.8) is 0 Å². The third-order valence-corrected chi connectivity index (χ3v) is 4.24. The lowest BCUT2D eigenvalue weighted by molar-refractivity contribution is -0.141. The summed E-state index contributed by atoms with van der Waals surface area (Å²) in [5.41, 5.74) is 0.584. The third-order valence-electron chi connectivity index (χ3n) is 4.24. The zero-order valence-electron chi connectivity index (χ0n) is 13.3. The Hall–Kier alpha value is -1.87. The molecule has 0 bridgehead atoms. The monoisotopic (exact) mass is 362 g/mol. The topological polar surface area (TPSA) is 50.8 Å². The van der Waals surface area contributed by atoms with Crippen LogP contribution < -0.4 is 10.1 Å². The summed E-state index contributed by atoms with van der Waals surface area (Å²) < 4.78 is 61.2. The molecule has 2 heterocycles. The van der Waals surface area contributed by atoms with E-state index in [4.69, 9.17) is 4.74 Å². The van der Waals surface area contributed by atoms with Crippen molar-refractivity contribution in [2.75, 3.05) is 26.2 Å². The van der Waals surface area contributed by atoms with E-state index in [1.807, 2.05) is 0 Å². The lowest BCUT2D eigenvalue weighted by atomic mass is 10.1. The Kier molecular flexibility index (Phi) is 5.14. The molecule has 0 aromatic heterocycles. The summed E-state index contributed by atoms with van der Waals surface area (Å²) in [5, 5.41) is 2.54. The molecule has 0 saturated carbocycles. The number of rotatable bonds is 4. The lowest BCUT2D eigenvalue weighted by Crippen LogP contribution is -2.49. The first kappa shape index (κ1) is 17.9. The Labute approximate surface area is 141 Å². The second kappa shape index (κ2) is 7.17. The Morgan fingerprint density at radius 2 is 2.20 bits per heavy atom. The smallest absolute Gasteiger partial charge is 0.387 e. The first-order valence-electron chi connectivity index (χ1n) is 7.90. The number of nitrogens with one attached hydrogen (secondary N) is 1. The molecular formula is C16H18F4N2O3. The second-order valence-electron chi connectivity index (χ2n) is 6.09. The summed E-state index contributed by atoms with van der Waals surface area (Å²) in [6.07, 6.45) is -1.05. The predicted octanol–water partition coefficient (Wildman–Crippen LogP) is 2.19. The fourth-order valence-electron chi connectivity index (χ4n) is 3.05. The van der Waals surface area contributed by atoms with Crippen LogP contribution >= 0.6 is 0 Å². The van der Waals surface area contributed by atoms with Crippen LogP contribution in [0.5, 0.6) is 5.75 Å². The van der Waals surface area contributed by atoms with Gasteiger partial charge in [0, 0.05) is 13.0 Å². The highest BCUT2D eigenvalue weighted by Gasteiger charge is 2.44. The second-order valence-corrected chi connectivity index (χ2v) is 6.09. The van der Waals surface area contributed by atoms with Gasteiger partial charge in [-0.25, -0.2) is 8.78 Å². The van der Waals surface area contributed by atoms with Gasteiger partial charge in [-0.3, -0.25) is 10.1 Å². The van der Waals surface area contributed by atoms with E-state index in [0.717, 1.165) is 0 Å². The Balaban J connectivity index is 1.66. The highest BCUT2D eigenvalue weighted by molar-refractivity contribution is 5.82. The van der Waals surface area contributed by atoms with Crippen LogP contribution in [0.2, 0.25) is 0 Å². The molecule has 2 unspecified atom stereocenters. The van der Waals surface area contributed by atoms with Crippen molar-refractivity contribution < 1.29 is 31.8 Å². The van der Waals surface area contributed by atoms with Crippen LogP contribution in [0.15, 0.2) is 24.3 Å². The number of nitrogens with zero attached hydrogens (tertiary/aromatic N) is 1. The minimum Gasteiger partial charge on any atom is -0.435 e. The summed E-state index contributed by atoms with van der Waals surface area (Å²) >= 11 is 0. The average molecular weight is 362 g/mol. The van der Waals surface area contributed by atoms with Gasteiger partial charge >= 0.3 is 6.61 Å². The van der Waals surface area contributed by atoms with Crippen molar-refractivity contribution in [2.45, 2.75) is 31.1 Å². The van der Waals surface area contributed by atoms with E-state index in [-0.39, 0.29) is 18.9 Å². The quantitative estimate of drug-likeness (QED) is 0.835. The number of hydrogen-bond acceptors (Lipinski definition) is 4. The van der Waals surface area contributed by atoms with Crippen LogP contribution in [0.25, 0.3) is 0 Å². The number of hydrogen-bond donors (Lipinski definition) is 1. The molecule has 0 aliphatic carbocycles. The van der Waals surface area contributed by atoms with Crippen LogP contribution in [-0.2, 0) is 9.53 Å². The number of ether oxygens (including phenoxy) is 2. The van der Waals surface area contributed by atoms with Gasteiger partial charge in [0.25, 0.3) is 5.92 Å². The summed E-state index contributed by atoms with van der Waals surface area (Å²) in [4.78, 5) is 13.9. The molecular weight excluding hydrogens is 344 g/mol. The molecule has 2 saturated heterocycles. The van der Waals surface area contributed by atoms with E-state index in [1.165, 1.54) is 17.0 Å². The van der Waals surface area contributed by atoms with Crippen molar-refractivity contribution >= 4 is 5.91 Å². The number of amides is 1. The van der Waals surface area contributed by atoms with E-state index < -0.39 is 43.6 Å². The van der Waals surface area contributed by atoms with Gasteiger partial charge in [0.05, 0.1) is 25.7 Å². The van der Waals surface area contributed by atoms with E-state index in [1.54, 1.807) is 12.1 Å². The Morgan fingerprint density at radius 3 is 2.88 bits per heavy atom. The Morgan fingerprint density at radius 1 is 1.40 bits per heavy atom. The van der Waals surface area contributed by atoms with Crippen molar-refractivity contribution in [1.82, 2.24) is 10.2 Å². The molecule has 1 aromatic carbocycles. The first-order valence-corrected chi connectivity index (χ1v) is 7.90. The third kappa shape index (κ3) is 4.40. The molecule has 0 radical (unpaired) electrons. The Bertz CT molecular complexity index is 629. The van der Waals surface area contributed by atoms with Crippen molar-refractivity contribution in [2.24, 2.45) is 0 Å². The maximum atomic E-state index is 13.3. The fraction of sp³-hybridized carbons (Fsp3) is 0.562. The van der Waals surface area contributed by atoms with Crippen molar-refractivity contribution in [3.8, 4) is 5.75 Å². The van der Waals surface area contributed by atoms with Gasteiger partial charge in [-0.05, 0) is 17.7 Å². The molecule has 1 aromatic rings. The van der Waals surface area contributed by atoms with Crippen LogP contribution in [0.4, 0.5) is 17.6 Å². The predicted molar refractivity (Wildman–Crippen MR) is 79.7 cm³/mol. The van der Waals surface area contributed by atoms with Crippen molar-refractivity contribution in [1.29, 1.82) is 0 Å². The molecule has 1 amide bonds. The number of morpholine rings is 1. The molecule has 2 atom stereocenters. The van der Waals surface area contributed by atoms with Gasteiger partial charge in [-0.1, -0.05) is 12.1 Å². The molecule has 2 aliphatic rings. The van der Waals surface area contributed by atoms with Gasteiger partial charge in [0.15, 0.2) is 0 Å². The summed E-state index contributed by atoms with van der Waals surface area (Å²) in [6, 6.07) is 5.13. The fourth-order valence-corrected chi connectivity index (χ4v) is 3.05. The van der Waals surface area contributed by atoms with Crippen LogP contribution in [0.1, 0.15) is 18.1 Å². The van der Waals surface area contributed by atoms with E-state index in [9.17, 15) is 22.4 Å². The maximum absolute atomic E-state index is 13.3. The van der Waals surface area contributed by atoms with Crippen molar-refractivity contribution in [3.05, 3.63) is 29.8 Å². The molecule has 2 fully saturated rings. The molecule has 1 N–H and O–H groups in total. The molecule has 5 nitrogen and oxygen atoms in total. The molecule has 25 heavy (non-hydrogen) atoms. The highest BCUT2D eigenvalue weighted by Crippen LogP contribution is 2.29. The number of alkyl halides is 4.